The normalized spacial score (nSPS) is 14.0. The number of methoxy groups -OCH3 is 2. The highest BCUT2D eigenvalue weighted by molar-refractivity contribution is 6.14. The number of carbonyl (C=O) groups is 1. The van der Waals surface area contributed by atoms with Gasteiger partial charge in [-0.25, -0.2) is 0 Å². The maximum atomic E-state index is 13.5. The molecule has 1 aliphatic rings. The van der Waals surface area contributed by atoms with Crippen molar-refractivity contribution in [2.75, 3.05) is 14.2 Å². The first-order valence-corrected chi connectivity index (χ1v) is 12.5. The van der Waals surface area contributed by atoms with Crippen LogP contribution in [0.15, 0.2) is 58.9 Å². The first kappa shape index (κ1) is 27.3. The van der Waals surface area contributed by atoms with Crippen molar-refractivity contribution in [3.63, 3.8) is 0 Å². The zero-order chi connectivity index (χ0) is 26.8. The average Bonchev–Trinajstić information content (AvgIpc) is 2.80. The minimum absolute atomic E-state index is 0.0204. The summed E-state index contributed by atoms with van der Waals surface area (Å²) in [6, 6.07) is 4.15. The van der Waals surface area contributed by atoms with Crippen molar-refractivity contribution < 1.29 is 19.4 Å². The van der Waals surface area contributed by atoms with Crippen LogP contribution in [0, 0.1) is 6.92 Å². The van der Waals surface area contributed by atoms with Gasteiger partial charge in [0, 0.05) is 11.6 Å². The molecule has 0 amide bonds. The SMILES string of the molecule is COC1=CC(=O)c2c(cc3cc(C)c(CC=C(C)C)c(OC)c3c2O)C1(CC=C(C)C)CC=C(C)C. The van der Waals surface area contributed by atoms with Gasteiger partial charge in [-0.05, 0) is 90.3 Å². The zero-order valence-electron chi connectivity index (χ0n) is 23.3. The van der Waals surface area contributed by atoms with Crippen LogP contribution in [0.25, 0.3) is 10.8 Å². The molecule has 0 saturated carbocycles. The maximum Gasteiger partial charge on any atom is 0.193 e. The van der Waals surface area contributed by atoms with Gasteiger partial charge in [-0.15, -0.1) is 0 Å². The van der Waals surface area contributed by atoms with Gasteiger partial charge in [-0.1, -0.05) is 41.0 Å². The standard InChI is InChI=1S/C32H40O4/c1-19(2)10-11-24-22(7)16-23-17-25-29(30(34)28(23)31(24)36-9)26(33)18-27(35-8)32(25,14-12-20(3)4)15-13-21(5)6/h10,12-13,16-18,34H,11,14-15H2,1-9H3. The summed E-state index contributed by atoms with van der Waals surface area (Å²) in [7, 11) is 3.24. The molecule has 0 atom stereocenters. The predicted molar refractivity (Wildman–Crippen MR) is 149 cm³/mol. The van der Waals surface area contributed by atoms with Crippen molar-refractivity contribution in [3.8, 4) is 11.5 Å². The highest BCUT2D eigenvalue weighted by Crippen LogP contribution is 2.51. The van der Waals surface area contributed by atoms with Crippen LogP contribution in [0.5, 0.6) is 11.5 Å². The van der Waals surface area contributed by atoms with E-state index in [0.717, 1.165) is 22.1 Å². The molecule has 0 aliphatic heterocycles. The number of allylic oxidation sites excluding steroid dienone is 8. The van der Waals surface area contributed by atoms with E-state index in [1.54, 1.807) is 20.3 Å². The lowest BCUT2D eigenvalue weighted by atomic mass is 9.66. The molecule has 0 radical (unpaired) electrons. The Morgan fingerprint density at radius 2 is 1.50 bits per heavy atom. The second-order valence-electron chi connectivity index (χ2n) is 10.6. The van der Waals surface area contributed by atoms with E-state index in [2.05, 4.69) is 78.8 Å². The van der Waals surface area contributed by atoms with Gasteiger partial charge in [0.2, 0.25) is 0 Å². The molecule has 3 rings (SSSR count). The van der Waals surface area contributed by atoms with Crippen molar-refractivity contribution in [1.82, 2.24) is 0 Å². The second kappa shape index (κ2) is 10.8. The van der Waals surface area contributed by atoms with Crippen LogP contribution in [-0.4, -0.2) is 25.1 Å². The summed E-state index contributed by atoms with van der Waals surface area (Å²) in [6.45, 7) is 14.5. The number of hydrogen-bond acceptors (Lipinski definition) is 4. The van der Waals surface area contributed by atoms with Gasteiger partial charge in [-0.3, -0.25) is 4.79 Å². The minimum Gasteiger partial charge on any atom is -0.506 e. The molecule has 2 aromatic rings. The van der Waals surface area contributed by atoms with Crippen LogP contribution >= 0.6 is 0 Å². The largest absolute Gasteiger partial charge is 0.506 e. The molecule has 1 N–H and O–H groups in total. The molecule has 0 aromatic heterocycles. The minimum atomic E-state index is -0.611. The Bertz CT molecular complexity index is 1290. The quantitative estimate of drug-likeness (QED) is 0.382. The van der Waals surface area contributed by atoms with Crippen molar-refractivity contribution in [3.05, 3.63) is 81.2 Å². The highest BCUT2D eigenvalue weighted by Gasteiger charge is 2.44. The van der Waals surface area contributed by atoms with E-state index in [1.165, 1.54) is 16.7 Å². The summed E-state index contributed by atoms with van der Waals surface area (Å²) in [5.74, 6) is 0.974. The number of benzene rings is 2. The van der Waals surface area contributed by atoms with Gasteiger partial charge in [0.25, 0.3) is 0 Å². The van der Waals surface area contributed by atoms with E-state index in [0.29, 0.717) is 41.7 Å². The van der Waals surface area contributed by atoms with Gasteiger partial charge < -0.3 is 14.6 Å². The maximum absolute atomic E-state index is 13.5. The van der Waals surface area contributed by atoms with Crippen LogP contribution < -0.4 is 4.74 Å². The number of aryl methyl sites for hydroxylation is 1. The van der Waals surface area contributed by atoms with E-state index in [9.17, 15) is 9.90 Å². The summed E-state index contributed by atoms with van der Waals surface area (Å²) in [4.78, 5) is 13.5. The summed E-state index contributed by atoms with van der Waals surface area (Å²) in [5, 5.41) is 13.1. The van der Waals surface area contributed by atoms with Crippen LogP contribution in [-0.2, 0) is 16.6 Å². The first-order chi connectivity index (χ1) is 17.0. The summed E-state index contributed by atoms with van der Waals surface area (Å²) >= 11 is 0. The van der Waals surface area contributed by atoms with Crippen LogP contribution in [0.4, 0.5) is 0 Å². The van der Waals surface area contributed by atoms with E-state index in [-0.39, 0.29) is 11.5 Å². The third kappa shape index (κ3) is 5.00. The Hall–Kier alpha value is -3.27. The molecule has 4 nitrogen and oxygen atoms in total. The number of phenolic OH excluding ortho intramolecular Hbond substituents is 1. The molecule has 0 heterocycles. The summed E-state index contributed by atoms with van der Waals surface area (Å²) in [5.41, 5.74) is 6.20. The van der Waals surface area contributed by atoms with Crippen LogP contribution in [0.2, 0.25) is 0 Å². The zero-order valence-corrected chi connectivity index (χ0v) is 23.3. The number of aromatic hydroxyl groups is 1. The van der Waals surface area contributed by atoms with Gasteiger partial charge in [0.1, 0.15) is 17.3 Å². The molecule has 0 bridgehead atoms. The average molecular weight is 489 g/mol. The number of rotatable bonds is 8. The molecular formula is C32H40O4. The molecule has 0 saturated heterocycles. The molecular weight excluding hydrogens is 448 g/mol. The molecule has 4 heteroatoms. The Morgan fingerprint density at radius 1 is 0.917 bits per heavy atom. The lowest BCUT2D eigenvalue weighted by Gasteiger charge is -2.39. The summed E-state index contributed by atoms with van der Waals surface area (Å²) < 4.78 is 11.7. The second-order valence-corrected chi connectivity index (χ2v) is 10.6. The fraction of sp³-hybridized carbons (Fsp3) is 0.406. The van der Waals surface area contributed by atoms with Crippen molar-refractivity contribution >= 4 is 16.6 Å². The van der Waals surface area contributed by atoms with Crippen molar-refractivity contribution in [2.24, 2.45) is 0 Å². The Labute approximate surface area is 216 Å². The topological polar surface area (TPSA) is 55.8 Å². The molecule has 1 aliphatic carbocycles. The Balaban J connectivity index is 2.46. The third-order valence-electron chi connectivity index (χ3n) is 7.03. The Kier molecular flexibility index (Phi) is 8.18. The van der Waals surface area contributed by atoms with E-state index in [1.807, 2.05) is 0 Å². The Morgan fingerprint density at radius 3 is 2.00 bits per heavy atom. The first-order valence-electron chi connectivity index (χ1n) is 12.5. The van der Waals surface area contributed by atoms with Gasteiger partial charge in [0.15, 0.2) is 5.78 Å². The third-order valence-corrected chi connectivity index (χ3v) is 7.03. The molecule has 0 fully saturated rings. The fourth-order valence-corrected chi connectivity index (χ4v) is 5.08. The number of phenols is 1. The molecule has 0 spiro atoms. The lowest BCUT2D eigenvalue weighted by Crippen LogP contribution is -2.35. The molecule has 2 aromatic carbocycles. The van der Waals surface area contributed by atoms with Crippen LogP contribution in [0.1, 0.15) is 81.4 Å². The smallest absolute Gasteiger partial charge is 0.193 e. The van der Waals surface area contributed by atoms with Gasteiger partial charge in [0.05, 0.1) is 30.6 Å². The predicted octanol–water partition coefficient (Wildman–Crippen LogP) is 8.05. The number of ketones is 1. The van der Waals surface area contributed by atoms with E-state index >= 15 is 0 Å². The number of hydrogen-bond donors (Lipinski definition) is 1. The fourth-order valence-electron chi connectivity index (χ4n) is 5.08. The van der Waals surface area contributed by atoms with Crippen LogP contribution in [0.3, 0.4) is 0 Å². The number of carbonyl (C=O) groups excluding carboxylic acids is 1. The molecule has 36 heavy (non-hydrogen) atoms. The molecule has 192 valence electrons. The van der Waals surface area contributed by atoms with E-state index in [4.69, 9.17) is 9.47 Å². The summed E-state index contributed by atoms with van der Waals surface area (Å²) in [6.07, 6.45) is 10.1. The van der Waals surface area contributed by atoms with Gasteiger partial charge in [-0.2, -0.15) is 0 Å². The lowest BCUT2D eigenvalue weighted by molar-refractivity contribution is 0.102. The monoisotopic (exact) mass is 488 g/mol. The molecule has 0 unspecified atom stereocenters. The number of ether oxygens (including phenoxy) is 2. The highest BCUT2D eigenvalue weighted by atomic mass is 16.5. The van der Waals surface area contributed by atoms with Crippen molar-refractivity contribution in [1.29, 1.82) is 0 Å². The van der Waals surface area contributed by atoms with E-state index < -0.39 is 5.41 Å². The van der Waals surface area contributed by atoms with Gasteiger partial charge >= 0.3 is 0 Å². The number of fused-ring (bicyclic) bond motifs is 2. The van der Waals surface area contributed by atoms with Crippen molar-refractivity contribution in [2.45, 2.75) is 73.1 Å².